The molecule has 0 heterocycles. The predicted octanol–water partition coefficient (Wildman–Crippen LogP) is 3.01. The molecule has 0 radical (unpaired) electrons. The first-order valence-electron chi connectivity index (χ1n) is 6.88. The van der Waals surface area contributed by atoms with Crippen molar-refractivity contribution >= 4 is 5.78 Å². The van der Waals surface area contributed by atoms with Gasteiger partial charge in [-0.25, -0.2) is 0 Å². The van der Waals surface area contributed by atoms with Gasteiger partial charge in [-0.1, -0.05) is 32.1 Å². The molecule has 2 aliphatic carbocycles. The summed E-state index contributed by atoms with van der Waals surface area (Å²) in [4.78, 5) is 14.9. The zero-order valence-electron chi connectivity index (χ0n) is 10.8. The lowest BCUT2D eigenvalue weighted by molar-refractivity contribution is -0.137. The molecule has 0 bridgehead atoms. The van der Waals surface area contributed by atoms with Gasteiger partial charge in [0.2, 0.25) is 0 Å². The molecule has 0 saturated heterocycles. The van der Waals surface area contributed by atoms with E-state index in [-0.39, 0.29) is 5.54 Å². The molecule has 2 rings (SSSR count). The van der Waals surface area contributed by atoms with E-state index in [1.54, 1.807) is 0 Å². The highest BCUT2D eigenvalue weighted by molar-refractivity contribution is 5.91. The highest BCUT2D eigenvalue weighted by atomic mass is 16.1. The summed E-state index contributed by atoms with van der Waals surface area (Å²) in [6, 6.07) is 0. The largest absolute Gasteiger partial charge is 0.297 e. The lowest BCUT2D eigenvalue weighted by atomic mass is 9.71. The van der Waals surface area contributed by atoms with E-state index in [0.29, 0.717) is 11.7 Å². The Kier molecular flexibility index (Phi) is 3.68. The Hall–Kier alpha value is -0.370. The predicted molar refractivity (Wildman–Crippen MR) is 66.5 cm³/mol. The van der Waals surface area contributed by atoms with Crippen LogP contribution in [-0.4, -0.2) is 30.3 Å². The Morgan fingerprint density at radius 2 is 1.56 bits per heavy atom. The lowest BCUT2D eigenvalue weighted by Gasteiger charge is -2.42. The summed E-state index contributed by atoms with van der Waals surface area (Å²) < 4.78 is 0. The van der Waals surface area contributed by atoms with Crippen molar-refractivity contribution in [3.8, 4) is 0 Å². The first-order valence-corrected chi connectivity index (χ1v) is 6.88. The van der Waals surface area contributed by atoms with E-state index in [2.05, 4.69) is 19.0 Å². The number of carbonyl (C=O) groups excluding carboxylic acids is 1. The molecule has 2 heteroatoms. The molecule has 0 aromatic carbocycles. The fourth-order valence-electron chi connectivity index (χ4n) is 3.28. The van der Waals surface area contributed by atoms with E-state index >= 15 is 0 Å². The number of ketones is 1. The average molecular weight is 223 g/mol. The Labute approximate surface area is 99.4 Å². The maximum absolute atomic E-state index is 12.7. The molecule has 16 heavy (non-hydrogen) atoms. The zero-order chi connectivity index (χ0) is 11.6. The second-order valence-electron chi connectivity index (χ2n) is 5.83. The first kappa shape index (κ1) is 12.1. The van der Waals surface area contributed by atoms with Crippen molar-refractivity contribution in [1.82, 2.24) is 4.90 Å². The quantitative estimate of drug-likeness (QED) is 0.685. The van der Waals surface area contributed by atoms with Crippen LogP contribution in [0.15, 0.2) is 0 Å². The summed E-state index contributed by atoms with van der Waals surface area (Å²) in [7, 11) is 4.20. The van der Waals surface area contributed by atoms with Gasteiger partial charge in [-0.2, -0.15) is 0 Å². The molecule has 0 N–H and O–H groups in total. The van der Waals surface area contributed by atoms with Crippen molar-refractivity contribution in [1.29, 1.82) is 0 Å². The Balaban J connectivity index is 2.15. The van der Waals surface area contributed by atoms with Gasteiger partial charge in [0.25, 0.3) is 0 Å². The van der Waals surface area contributed by atoms with Crippen LogP contribution in [0, 0.1) is 5.92 Å². The Morgan fingerprint density at radius 1 is 1.00 bits per heavy atom. The third kappa shape index (κ3) is 2.04. The van der Waals surface area contributed by atoms with E-state index in [0.717, 1.165) is 25.7 Å². The lowest BCUT2D eigenvalue weighted by Crippen LogP contribution is -2.54. The van der Waals surface area contributed by atoms with Crippen molar-refractivity contribution in [3.05, 3.63) is 0 Å². The molecule has 92 valence electrons. The molecule has 2 nitrogen and oxygen atoms in total. The van der Waals surface area contributed by atoms with Crippen LogP contribution >= 0.6 is 0 Å². The standard InChI is InChI=1S/C14H25NO/c1-15(2)14(10-5-3-4-6-11-14)13(16)12-8-7-9-12/h12H,3-11H2,1-2H3. The van der Waals surface area contributed by atoms with Gasteiger partial charge in [-0.15, -0.1) is 0 Å². The van der Waals surface area contributed by atoms with Crippen LogP contribution in [0.25, 0.3) is 0 Å². The minimum Gasteiger partial charge on any atom is -0.297 e. The molecule has 0 atom stereocenters. The van der Waals surface area contributed by atoms with Gasteiger partial charge in [-0.05, 0) is 39.8 Å². The van der Waals surface area contributed by atoms with Gasteiger partial charge >= 0.3 is 0 Å². The second-order valence-corrected chi connectivity index (χ2v) is 5.83. The van der Waals surface area contributed by atoms with Crippen LogP contribution in [0.5, 0.6) is 0 Å². The minimum atomic E-state index is -0.110. The number of likely N-dealkylation sites (N-methyl/N-ethyl adjacent to an activating group) is 1. The van der Waals surface area contributed by atoms with E-state index < -0.39 is 0 Å². The molecule has 2 saturated carbocycles. The number of rotatable bonds is 3. The van der Waals surface area contributed by atoms with Gasteiger partial charge in [0, 0.05) is 5.92 Å². The van der Waals surface area contributed by atoms with Crippen molar-refractivity contribution in [3.63, 3.8) is 0 Å². The van der Waals surface area contributed by atoms with Crippen LogP contribution in [0.3, 0.4) is 0 Å². The van der Waals surface area contributed by atoms with Crippen LogP contribution < -0.4 is 0 Å². The molecule has 2 fully saturated rings. The van der Waals surface area contributed by atoms with E-state index in [1.165, 1.54) is 32.1 Å². The minimum absolute atomic E-state index is 0.110. The number of Topliss-reactive ketones (excluding diaryl/α,β-unsaturated/α-hetero) is 1. The molecule has 0 unspecified atom stereocenters. The number of nitrogens with zero attached hydrogens (tertiary/aromatic N) is 1. The summed E-state index contributed by atoms with van der Waals surface area (Å²) in [6.45, 7) is 0. The molecule has 0 aromatic heterocycles. The molecule has 0 aromatic rings. The molecule has 0 amide bonds. The number of hydrogen-bond acceptors (Lipinski definition) is 2. The van der Waals surface area contributed by atoms with Gasteiger partial charge in [0.1, 0.15) is 0 Å². The van der Waals surface area contributed by atoms with E-state index in [4.69, 9.17) is 0 Å². The first-order chi connectivity index (χ1) is 7.67. The normalized spacial score (nSPS) is 26.2. The van der Waals surface area contributed by atoms with Crippen molar-refractivity contribution in [2.75, 3.05) is 14.1 Å². The SMILES string of the molecule is CN(C)C1(C(=O)C2CCC2)CCCCCC1. The highest BCUT2D eigenvalue weighted by Gasteiger charge is 2.44. The van der Waals surface area contributed by atoms with Gasteiger partial charge in [0.15, 0.2) is 5.78 Å². The Bertz CT molecular complexity index is 247. The van der Waals surface area contributed by atoms with E-state index in [1.807, 2.05) is 0 Å². The monoisotopic (exact) mass is 223 g/mol. The van der Waals surface area contributed by atoms with Crippen molar-refractivity contribution in [2.45, 2.75) is 63.3 Å². The molecular weight excluding hydrogens is 198 g/mol. The highest BCUT2D eigenvalue weighted by Crippen LogP contribution is 2.39. The van der Waals surface area contributed by atoms with Gasteiger partial charge in [0.05, 0.1) is 5.54 Å². The van der Waals surface area contributed by atoms with Crippen LogP contribution in [0.4, 0.5) is 0 Å². The smallest absolute Gasteiger partial charge is 0.156 e. The van der Waals surface area contributed by atoms with E-state index in [9.17, 15) is 4.79 Å². The van der Waals surface area contributed by atoms with Crippen LogP contribution in [0.2, 0.25) is 0 Å². The molecule has 2 aliphatic rings. The van der Waals surface area contributed by atoms with Gasteiger partial charge < -0.3 is 0 Å². The maximum Gasteiger partial charge on any atom is 0.156 e. The third-order valence-electron chi connectivity index (χ3n) is 4.72. The molecule has 0 spiro atoms. The fraction of sp³-hybridized carbons (Fsp3) is 0.929. The van der Waals surface area contributed by atoms with Gasteiger partial charge in [-0.3, -0.25) is 9.69 Å². The summed E-state index contributed by atoms with van der Waals surface area (Å²) in [6.07, 6.45) is 10.8. The summed E-state index contributed by atoms with van der Waals surface area (Å²) in [5, 5.41) is 0. The summed E-state index contributed by atoms with van der Waals surface area (Å²) >= 11 is 0. The average Bonchev–Trinajstić information content (AvgIpc) is 2.40. The van der Waals surface area contributed by atoms with Crippen LogP contribution in [-0.2, 0) is 4.79 Å². The second kappa shape index (κ2) is 4.87. The summed E-state index contributed by atoms with van der Waals surface area (Å²) in [5.41, 5.74) is -0.110. The zero-order valence-corrected chi connectivity index (χ0v) is 10.8. The third-order valence-corrected chi connectivity index (χ3v) is 4.72. The maximum atomic E-state index is 12.7. The number of hydrogen-bond donors (Lipinski definition) is 0. The topological polar surface area (TPSA) is 20.3 Å². The molecular formula is C14H25NO. The summed E-state index contributed by atoms with van der Waals surface area (Å²) in [5.74, 6) is 0.950. The van der Waals surface area contributed by atoms with Crippen molar-refractivity contribution < 1.29 is 4.79 Å². The van der Waals surface area contributed by atoms with Crippen LogP contribution in [0.1, 0.15) is 57.8 Å². The Morgan fingerprint density at radius 3 is 1.94 bits per heavy atom. The van der Waals surface area contributed by atoms with Crippen molar-refractivity contribution in [2.24, 2.45) is 5.92 Å². The molecule has 0 aliphatic heterocycles. The number of carbonyl (C=O) groups is 1. The fourth-order valence-corrected chi connectivity index (χ4v) is 3.28.